The normalized spacial score (nSPS) is 20.4. The number of anilines is 1. The van der Waals surface area contributed by atoms with Gasteiger partial charge in [0.25, 0.3) is 5.91 Å². The number of carbonyl (C=O) groups is 4. The topological polar surface area (TPSA) is 102 Å². The lowest BCUT2D eigenvalue weighted by atomic mass is 9.98. The third-order valence-electron chi connectivity index (χ3n) is 6.72. The van der Waals surface area contributed by atoms with Gasteiger partial charge in [-0.05, 0) is 31.4 Å². The van der Waals surface area contributed by atoms with Crippen LogP contribution in [0.1, 0.15) is 38.5 Å². The monoisotopic (exact) mass is 475 g/mol. The van der Waals surface area contributed by atoms with Gasteiger partial charge < -0.3 is 15.5 Å². The van der Waals surface area contributed by atoms with Crippen molar-refractivity contribution in [2.75, 3.05) is 44.6 Å². The molecular weight excluding hydrogens is 446 g/mol. The van der Waals surface area contributed by atoms with Crippen LogP contribution in [0.5, 0.6) is 0 Å². The summed E-state index contributed by atoms with van der Waals surface area (Å²) >= 11 is 6.08. The van der Waals surface area contributed by atoms with Crippen LogP contribution in [0.25, 0.3) is 0 Å². The molecule has 2 heterocycles. The zero-order chi connectivity index (χ0) is 23.4. The van der Waals surface area contributed by atoms with Crippen LogP contribution in [0.2, 0.25) is 5.02 Å². The van der Waals surface area contributed by atoms with Crippen LogP contribution in [0, 0.1) is 0 Å². The Balaban J connectivity index is 1.16. The van der Waals surface area contributed by atoms with Crippen molar-refractivity contribution in [2.24, 2.45) is 0 Å². The van der Waals surface area contributed by atoms with E-state index < -0.39 is 5.54 Å². The van der Waals surface area contributed by atoms with Crippen molar-refractivity contribution in [3.8, 4) is 0 Å². The maximum atomic E-state index is 12.7. The van der Waals surface area contributed by atoms with Crippen molar-refractivity contribution < 1.29 is 19.2 Å². The Morgan fingerprint density at radius 2 is 1.76 bits per heavy atom. The summed E-state index contributed by atoms with van der Waals surface area (Å²) in [6, 6.07) is 6.76. The van der Waals surface area contributed by atoms with Gasteiger partial charge in [0.2, 0.25) is 11.8 Å². The number of hydrogen-bond donors (Lipinski definition) is 2. The van der Waals surface area contributed by atoms with Gasteiger partial charge in [0, 0.05) is 39.1 Å². The Kier molecular flexibility index (Phi) is 7.19. The van der Waals surface area contributed by atoms with E-state index in [9.17, 15) is 19.2 Å². The Bertz CT molecular complexity index is 925. The maximum Gasteiger partial charge on any atom is 0.325 e. The minimum atomic E-state index is -0.699. The minimum Gasteiger partial charge on any atom is -0.340 e. The van der Waals surface area contributed by atoms with Crippen molar-refractivity contribution in [3.63, 3.8) is 0 Å². The molecule has 0 atom stereocenters. The van der Waals surface area contributed by atoms with Gasteiger partial charge in [0.05, 0.1) is 17.3 Å². The molecular formula is C23H30ClN5O4. The van der Waals surface area contributed by atoms with Crippen molar-refractivity contribution in [1.82, 2.24) is 20.0 Å². The SMILES string of the molecule is O=C(CN1CCN(C(=O)CCCN2C(=O)NC3(CCCC3)C2=O)CC1)Nc1ccccc1Cl. The van der Waals surface area contributed by atoms with E-state index in [2.05, 4.69) is 10.6 Å². The van der Waals surface area contributed by atoms with Crippen molar-refractivity contribution in [3.05, 3.63) is 29.3 Å². The number of carbonyl (C=O) groups excluding carboxylic acids is 4. The van der Waals surface area contributed by atoms with E-state index in [1.54, 1.807) is 23.1 Å². The van der Waals surface area contributed by atoms with Crippen molar-refractivity contribution >= 4 is 41.0 Å². The number of imide groups is 1. The fraction of sp³-hybridized carbons (Fsp3) is 0.565. The summed E-state index contributed by atoms with van der Waals surface area (Å²) in [6.45, 7) is 2.81. The molecule has 2 saturated heterocycles. The van der Waals surface area contributed by atoms with Gasteiger partial charge in [-0.1, -0.05) is 36.6 Å². The van der Waals surface area contributed by atoms with E-state index in [-0.39, 0.29) is 43.3 Å². The summed E-state index contributed by atoms with van der Waals surface area (Å²) in [5.41, 5.74) is -0.114. The van der Waals surface area contributed by atoms with Gasteiger partial charge >= 0.3 is 6.03 Å². The highest BCUT2D eigenvalue weighted by Crippen LogP contribution is 2.35. The van der Waals surface area contributed by atoms with Gasteiger partial charge in [-0.15, -0.1) is 0 Å². The Labute approximate surface area is 198 Å². The van der Waals surface area contributed by atoms with Gasteiger partial charge in [0.15, 0.2) is 0 Å². The van der Waals surface area contributed by atoms with E-state index >= 15 is 0 Å². The van der Waals surface area contributed by atoms with Crippen molar-refractivity contribution in [2.45, 2.75) is 44.1 Å². The van der Waals surface area contributed by atoms with Gasteiger partial charge in [-0.2, -0.15) is 0 Å². The molecule has 1 saturated carbocycles. The molecule has 5 amide bonds. The lowest BCUT2D eigenvalue weighted by molar-refractivity contribution is -0.134. The molecule has 0 aromatic heterocycles. The number of benzene rings is 1. The number of nitrogens with one attached hydrogen (secondary N) is 2. The number of hydrogen-bond acceptors (Lipinski definition) is 5. The van der Waals surface area contributed by atoms with Crippen LogP contribution in [0.15, 0.2) is 24.3 Å². The number of piperazine rings is 1. The lowest BCUT2D eigenvalue weighted by Crippen LogP contribution is -2.50. The molecule has 33 heavy (non-hydrogen) atoms. The fourth-order valence-corrected chi connectivity index (χ4v) is 5.04. The summed E-state index contributed by atoms with van der Waals surface area (Å²) in [7, 11) is 0. The third kappa shape index (κ3) is 5.30. The molecule has 2 N–H and O–H groups in total. The van der Waals surface area contributed by atoms with Crippen LogP contribution in [0.4, 0.5) is 10.5 Å². The molecule has 3 fully saturated rings. The summed E-state index contributed by atoms with van der Waals surface area (Å²) in [5.74, 6) is -0.268. The number of rotatable bonds is 7. The van der Waals surface area contributed by atoms with E-state index in [4.69, 9.17) is 11.6 Å². The first-order valence-corrected chi connectivity index (χ1v) is 11.9. The average Bonchev–Trinajstić information content (AvgIpc) is 3.36. The molecule has 9 nitrogen and oxygen atoms in total. The van der Waals surface area contributed by atoms with Crippen LogP contribution >= 0.6 is 11.6 Å². The van der Waals surface area contributed by atoms with Crippen LogP contribution < -0.4 is 10.6 Å². The Hall–Kier alpha value is -2.65. The first-order chi connectivity index (χ1) is 15.9. The molecule has 10 heteroatoms. The predicted molar refractivity (Wildman–Crippen MR) is 124 cm³/mol. The van der Waals surface area contributed by atoms with E-state index in [0.717, 1.165) is 12.8 Å². The summed E-state index contributed by atoms with van der Waals surface area (Å²) < 4.78 is 0. The largest absolute Gasteiger partial charge is 0.340 e. The van der Waals surface area contributed by atoms with Gasteiger partial charge in [-0.3, -0.25) is 24.2 Å². The standard InChI is InChI=1S/C23H30ClN5O4/c24-17-6-1-2-7-18(17)25-19(30)16-27-12-14-28(15-13-27)20(31)8-5-11-29-21(32)23(26-22(29)33)9-3-4-10-23/h1-2,6-7H,3-5,8-16H2,(H,25,30)(H,26,33). The highest BCUT2D eigenvalue weighted by Gasteiger charge is 2.52. The molecule has 178 valence electrons. The van der Waals surface area contributed by atoms with E-state index in [1.807, 2.05) is 11.0 Å². The zero-order valence-electron chi connectivity index (χ0n) is 18.6. The quantitative estimate of drug-likeness (QED) is 0.588. The van der Waals surface area contributed by atoms with Gasteiger partial charge in [0.1, 0.15) is 5.54 Å². The Morgan fingerprint density at radius 1 is 1.06 bits per heavy atom. The van der Waals surface area contributed by atoms with E-state index in [1.165, 1.54) is 4.90 Å². The molecule has 0 bridgehead atoms. The second kappa shape index (κ2) is 10.1. The first-order valence-electron chi connectivity index (χ1n) is 11.6. The molecule has 1 aromatic rings. The highest BCUT2D eigenvalue weighted by atomic mass is 35.5. The molecule has 0 unspecified atom stereocenters. The average molecular weight is 476 g/mol. The molecule has 1 spiro atoms. The smallest absolute Gasteiger partial charge is 0.325 e. The number of halogens is 1. The number of para-hydroxylation sites is 1. The molecule has 1 aliphatic carbocycles. The lowest BCUT2D eigenvalue weighted by Gasteiger charge is -2.34. The second-order valence-corrected chi connectivity index (χ2v) is 9.37. The molecule has 0 radical (unpaired) electrons. The molecule has 1 aromatic carbocycles. The fourth-order valence-electron chi connectivity index (χ4n) is 4.85. The maximum absolute atomic E-state index is 12.7. The molecule has 2 aliphatic heterocycles. The third-order valence-corrected chi connectivity index (χ3v) is 7.05. The van der Waals surface area contributed by atoms with Crippen LogP contribution in [0.3, 0.4) is 0 Å². The first kappa shape index (κ1) is 23.5. The van der Waals surface area contributed by atoms with Gasteiger partial charge in [-0.25, -0.2) is 4.79 Å². The molecule has 3 aliphatic rings. The number of urea groups is 1. The van der Waals surface area contributed by atoms with Crippen LogP contribution in [-0.2, 0) is 14.4 Å². The molecule has 4 rings (SSSR count). The summed E-state index contributed by atoms with van der Waals surface area (Å²) in [5, 5.41) is 6.17. The minimum absolute atomic E-state index is 0.0119. The van der Waals surface area contributed by atoms with Crippen molar-refractivity contribution in [1.29, 1.82) is 0 Å². The van der Waals surface area contributed by atoms with E-state index in [0.29, 0.717) is 56.2 Å². The zero-order valence-corrected chi connectivity index (χ0v) is 19.4. The number of nitrogens with zero attached hydrogens (tertiary/aromatic N) is 3. The highest BCUT2D eigenvalue weighted by molar-refractivity contribution is 6.33. The van der Waals surface area contributed by atoms with Crippen LogP contribution in [-0.4, -0.2) is 83.3 Å². The predicted octanol–water partition coefficient (Wildman–Crippen LogP) is 2.07. The summed E-state index contributed by atoms with van der Waals surface area (Å²) in [4.78, 5) is 54.9. The number of amides is 5. The summed E-state index contributed by atoms with van der Waals surface area (Å²) in [6.07, 6.45) is 4.05. The second-order valence-electron chi connectivity index (χ2n) is 8.96. The Morgan fingerprint density at radius 3 is 2.45 bits per heavy atom.